The fourth-order valence-electron chi connectivity index (χ4n) is 2.57. The maximum absolute atomic E-state index is 12.0. The molecular formula is C15H21N3O. The van der Waals surface area contributed by atoms with Crippen LogP contribution in [0.1, 0.15) is 31.2 Å². The van der Waals surface area contributed by atoms with Crippen LogP contribution in [0.2, 0.25) is 0 Å². The highest BCUT2D eigenvalue weighted by molar-refractivity contribution is 6.00. The Kier molecular flexibility index (Phi) is 3.29. The van der Waals surface area contributed by atoms with Gasteiger partial charge < -0.3 is 11.1 Å². The normalized spacial score (nSPS) is 21.3. The minimum atomic E-state index is -0.610. The Morgan fingerprint density at radius 3 is 2.63 bits per heavy atom. The third kappa shape index (κ3) is 2.80. The van der Waals surface area contributed by atoms with Crippen LogP contribution in [0.3, 0.4) is 0 Å². The molecule has 1 aromatic rings. The van der Waals surface area contributed by atoms with Gasteiger partial charge in [0, 0.05) is 12.2 Å². The molecule has 1 saturated carbocycles. The number of nitrogens with one attached hydrogen (secondary N) is 1. The maximum Gasteiger partial charge on any atom is 0.244 e. The summed E-state index contributed by atoms with van der Waals surface area (Å²) in [6.45, 7) is 3.22. The van der Waals surface area contributed by atoms with Crippen molar-refractivity contribution in [1.82, 2.24) is 4.90 Å². The average Bonchev–Trinajstić information content (AvgIpc) is 2.96. The number of hydrogen-bond donors (Lipinski definition) is 2. The fraction of sp³-hybridized carbons (Fsp3) is 0.533. The quantitative estimate of drug-likeness (QED) is 0.865. The second-order valence-electron chi connectivity index (χ2n) is 5.75. The van der Waals surface area contributed by atoms with Crippen molar-refractivity contribution in [2.75, 3.05) is 18.4 Å². The molecule has 0 radical (unpaired) electrons. The number of likely N-dealkylation sites (tertiary alicyclic amines) is 1. The van der Waals surface area contributed by atoms with Crippen molar-refractivity contribution in [3.63, 3.8) is 0 Å². The Balaban J connectivity index is 1.71. The third-order valence-corrected chi connectivity index (χ3v) is 4.10. The first kappa shape index (κ1) is 12.6. The molecule has 2 fully saturated rings. The number of carbonyl (C=O) groups excluding carboxylic acids is 1. The van der Waals surface area contributed by atoms with E-state index in [9.17, 15) is 4.79 Å². The van der Waals surface area contributed by atoms with Gasteiger partial charge >= 0.3 is 0 Å². The number of benzene rings is 1. The first-order chi connectivity index (χ1) is 9.17. The summed E-state index contributed by atoms with van der Waals surface area (Å²) in [4.78, 5) is 14.5. The van der Waals surface area contributed by atoms with E-state index in [4.69, 9.17) is 5.73 Å². The van der Waals surface area contributed by atoms with Crippen molar-refractivity contribution >= 4 is 11.6 Å². The number of anilines is 1. The Labute approximate surface area is 114 Å². The molecule has 1 saturated heterocycles. The highest BCUT2D eigenvalue weighted by Gasteiger charge is 2.46. The molecular weight excluding hydrogens is 238 g/mol. The van der Waals surface area contributed by atoms with Crippen LogP contribution < -0.4 is 11.1 Å². The molecule has 1 amide bonds. The van der Waals surface area contributed by atoms with Gasteiger partial charge in [0.1, 0.15) is 0 Å². The molecule has 0 aromatic heterocycles. The number of amides is 1. The van der Waals surface area contributed by atoms with Crippen molar-refractivity contribution in [2.24, 2.45) is 5.73 Å². The molecule has 1 aromatic carbocycles. The summed E-state index contributed by atoms with van der Waals surface area (Å²) >= 11 is 0. The van der Waals surface area contributed by atoms with Gasteiger partial charge in [0.25, 0.3) is 0 Å². The zero-order valence-corrected chi connectivity index (χ0v) is 11.2. The smallest absolute Gasteiger partial charge is 0.244 e. The van der Waals surface area contributed by atoms with Gasteiger partial charge in [0.05, 0.1) is 5.54 Å². The van der Waals surface area contributed by atoms with Gasteiger partial charge in [-0.2, -0.15) is 0 Å². The lowest BCUT2D eigenvalue weighted by Gasteiger charge is -2.18. The maximum atomic E-state index is 12.0. The summed E-state index contributed by atoms with van der Waals surface area (Å²) in [6.07, 6.45) is 4.15. The van der Waals surface area contributed by atoms with E-state index in [-0.39, 0.29) is 5.91 Å². The monoisotopic (exact) mass is 259 g/mol. The molecule has 102 valence electrons. The van der Waals surface area contributed by atoms with Crippen molar-refractivity contribution in [3.05, 3.63) is 29.8 Å². The summed E-state index contributed by atoms with van der Waals surface area (Å²) in [7, 11) is 0. The van der Waals surface area contributed by atoms with Gasteiger partial charge in [-0.3, -0.25) is 9.69 Å². The lowest BCUT2D eigenvalue weighted by molar-refractivity contribution is -0.118. The Hall–Kier alpha value is -1.39. The molecule has 3 rings (SSSR count). The Morgan fingerprint density at radius 1 is 1.26 bits per heavy atom. The van der Waals surface area contributed by atoms with E-state index in [1.807, 2.05) is 18.2 Å². The summed E-state index contributed by atoms with van der Waals surface area (Å²) in [5.74, 6) is -0.0404. The van der Waals surface area contributed by atoms with Crippen LogP contribution in [0.4, 0.5) is 5.69 Å². The number of hydrogen-bond acceptors (Lipinski definition) is 3. The van der Waals surface area contributed by atoms with Crippen molar-refractivity contribution in [2.45, 2.75) is 37.8 Å². The largest absolute Gasteiger partial charge is 0.324 e. The number of para-hydroxylation sites is 1. The molecule has 19 heavy (non-hydrogen) atoms. The van der Waals surface area contributed by atoms with Crippen LogP contribution in [0.5, 0.6) is 0 Å². The summed E-state index contributed by atoms with van der Waals surface area (Å²) in [5, 5.41) is 3.00. The first-order valence-corrected chi connectivity index (χ1v) is 7.08. The zero-order valence-electron chi connectivity index (χ0n) is 11.2. The standard InChI is InChI=1S/C15H21N3O/c16-15(7-8-15)14(19)17-13-6-2-1-5-12(13)11-18-9-3-4-10-18/h1-2,5-6H,3-4,7-11,16H2,(H,17,19). The number of rotatable bonds is 4. The molecule has 1 heterocycles. The fourth-order valence-corrected chi connectivity index (χ4v) is 2.57. The molecule has 0 atom stereocenters. The molecule has 4 heteroatoms. The Bertz CT molecular complexity index is 476. The molecule has 3 N–H and O–H groups in total. The van der Waals surface area contributed by atoms with E-state index >= 15 is 0 Å². The van der Waals surface area contributed by atoms with Gasteiger partial charge in [-0.1, -0.05) is 18.2 Å². The van der Waals surface area contributed by atoms with Crippen molar-refractivity contribution < 1.29 is 4.79 Å². The van der Waals surface area contributed by atoms with Crippen LogP contribution in [0, 0.1) is 0 Å². The van der Waals surface area contributed by atoms with Crippen molar-refractivity contribution in [3.8, 4) is 0 Å². The molecule has 2 aliphatic rings. The minimum absolute atomic E-state index is 0.0404. The van der Waals surface area contributed by atoms with Crippen LogP contribution >= 0.6 is 0 Å². The van der Waals surface area contributed by atoms with Gasteiger partial charge in [-0.05, 0) is 50.4 Å². The second-order valence-corrected chi connectivity index (χ2v) is 5.75. The summed E-state index contributed by atoms with van der Waals surface area (Å²) in [6, 6.07) is 8.04. The Morgan fingerprint density at radius 2 is 1.95 bits per heavy atom. The van der Waals surface area contributed by atoms with Crippen molar-refractivity contribution in [1.29, 1.82) is 0 Å². The first-order valence-electron chi connectivity index (χ1n) is 7.08. The van der Waals surface area contributed by atoms with E-state index in [1.54, 1.807) is 0 Å². The summed E-state index contributed by atoms with van der Waals surface area (Å²) < 4.78 is 0. The SMILES string of the molecule is NC1(C(=O)Nc2ccccc2CN2CCCC2)CC1. The topological polar surface area (TPSA) is 58.4 Å². The zero-order chi connectivity index (χ0) is 13.3. The van der Waals surface area contributed by atoms with E-state index < -0.39 is 5.54 Å². The molecule has 0 bridgehead atoms. The van der Waals surface area contributed by atoms with Gasteiger partial charge in [-0.25, -0.2) is 0 Å². The highest BCUT2D eigenvalue weighted by Crippen LogP contribution is 2.33. The van der Waals surface area contributed by atoms with E-state index in [0.29, 0.717) is 0 Å². The number of nitrogens with two attached hydrogens (primary N) is 1. The van der Waals surface area contributed by atoms with Crippen LogP contribution in [-0.4, -0.2) is 29.4 Å². The minimum Gasteiger partial charge on any atom is -0.324 e. The third-order valence-electron chi connectivity index (χ3n) is 4.10. The van der Waals surface area contributed by atoms with E-state index in [1.165, 1.54) is 18.4 Å². The predicted molar refractivity (Wildman–Crippen MR) is 75.7 cm³/mol. The molecule has 0 unspecified atom stereocenters. The van der Waals surface area contributed by atoms with Gasteiger partial charge in [0.15, 0.2) is 0 Å². The van der Waals surface area contributed by atoms with Crippen LogP contribution in [0.15, 0.2) is 24.3 Å². The van der Waals surface area contributed by atoms with Crippen LogP contribution in [0.25, 0.3) is 0 Å². The average molecular weight is 259 g/mol. The molecule has 1 aliphatic carbocycles. The lowest BCUT2D eigenvalue weighted by atomic mass is 10.1. The second kappa shape index (κ2) is 4.94. The van der Waals surface area contributed by atoms with E-state index in [0.717, 1.165) is 38.2 Å². The van der Waals surface area contributed by atoms with E-state index in [2.05, 4.69) is 16.3 Å². The van der Waals surface area contributed by atoms with Gasteiger partial charge in [-0.15, -0.1) is 0 Å². The summed E-state index contributed by atoms with van der Waals surface area (Å²) in [5.41, 5.74) is 7.41. The highest BCUT2D eigenvalue weighted by atomic mass is 16.2. The number of nitrogens with zero attached hydrogens (tertiary/aromatic N) is 1. The predicted octanol–water partition coefficient (Wildman–Crippen LogP) is 1.71. The van der Waals surface area contributed by atoms with Gasteiger partial charge in [0.2, 0.25) is 5.91 Å². The molecule has 0 spiro atoms. The molecule has 4 nitrogen and oxygen atoms in total. The number of carbonyl (C=O) groups is 1. The van der Waals surface area contributed by atoms with Crippen LogP contribution in [-0.2, 0) is 11.3 Å². The lowest BCUT2D eigenvalue weighted by Crippen LogP contribution is -2.38. The molecule has 1 aliphatic heterocycles.